The van der Waals surface area contributed by atoms with Crippen LogP contribution in [0.2, 0.25) is 0 Å². The molecule has 0 aliphatic carbocycles. The zero-order chi connectivity index (χ0) is 15.2. The van der Waals surface area contributed by atoms with Crippen molar-refractivity contribution in [3.05, 3.63) is 48.0 Å². The molecule has 1 heterocycles. The van der Waals surface area contributed by atoms with E-state index in [1.165, 1.54) is 0 Å². The number of amides is 2. The maximum atomic E-state index is 12.1. The molecule has 0 atom stereocenters. The Balaban J connectivity index is 2.13. The number of nitrogens with one attached hydrogen (secondary N) is 1. The quantitative estimate of drug-likeness (QED) is 0.699. The molecule has 2 amide bonds. The molecule has 0 spiro atoms. The van der Waals surface area contributed by atoms with E-state index in [0.29, 0.717) is 24.3 Å². The van der Waals surface area contributed by atoms with Gasteiger partial charge in [-0.05, 0) is 11.6 Å². The van der Waals surface area contributed by atoms with E-state index in [9.17, 15) is 9.59 Å². The van der Waals surface area contributed by atoms with Crippen molar-refractivity contribution in [2.75, 3.05) is 11.9 Å². The van der Waals surface area contributed by atoms with E-state index in [1.807, 2.05) is 0 Å². The lowest BCUT2D eigenvalue weighted by Crippen LogP contribution is -2.18. The van der Waals surface area contributed by atoms with E-state index in [4.69, 9.17) is 11.5 Å². The minimum Gasteiger partial charge on any atom is -0.369 e. The van der Waals surface area contributed by atoms with Gasteiger partial charge in [0, 0.05) is 25.0 Å². The van der Waals surface area contributed by atoms with Crippen molar-refractivity contribution >= 4 is 17.5 Å². The molecule has 7 heteroatoms. The largest absolute Gasteiger partial charge is 0.369 e. The predicted molar refractivity (Wildman–Crippen MR) is 78.6 cm³/mol. The Labute approximate surface area is 122 Å². The molecule has 7 nitrogen and oxygen atoms in total. The molecule has 2 aromatic rings. The molecular formula is C14H17N5O2. The Morgan fingerprint density at radius 2 is 2.05 bits per heavy atom. The molecule has 0 saturated heterocycles. The van der Waals surface area contributed by atoms with E-state index in [0.717, 1.165) is 0 Å². The number of hydrogen-bond donors (Lipinski definition) is 3. The number of carbonyl (C=O) groups is 2. The number of rotatable bonds is 6. The van der Waals surface area contributed by atoms with Gasteiger partial charge >= 0.3 is 0 Å². The number of hydrogen-bond acceptors (Lipinski definition) is 4. The van der Waals surface area contributed by atoms with Gasteiger partial charge in [-0.25, -0.2) is 4.98 Å². The Morgan fingerprint density at radius 3 is 2.76 bits per heavy atom. The summed E-state index contributed by atoms with van der Waals surface area (Å²) in [6.45, 7) is 1.07. The highest BCUT2D eigenvalue weighted by Crippen LogP contribution is 2.16. The molecule has 1 aromatic carbocycles. The summed E-state index contributed by atoms with van der Waals surface area (Å²) in [5.74, 6) is -0.799. The third-order valence-electron chi connectivity index (χ3n) is 2.88. The van der Waals surface area contributed by atoms with Gasteiger partial charge in [0.2, 0.25) is 5.91 Å². The number of primary amides is 1. The Kier molecular flexibility index (Phi) is 4.68. The summed E-state index contributed by atoms with van der Waals surface area (Å²) in [6, 6.07) is 7.01. The van der Waals surface area contributed by atoms with Crippen LogP contribution in [-0.2, 0) is 17.8 Å². The van der Waals surface area contributed by atoms with E-state index >= 15 is 0 Å². The van der Waals surface area contributed by atoms with E-state index in [2.05, 4.69) is 10.3 Å². The Bertz CT molecular complexity index is 650. The van der Waals surface area contributed by atoms with Crippen LogP contribution in [0.25, 0.3) is 0 Å². The molecule has 21 heavy (non-hydrogen) atoms. The number of anilines is 1. The van der Waals surface area contributed by atoms with Gasteiger partial charge in [-0.1, -0.05) is 18.2 Å². The number of nitrogens with zero attached hydrogens (tertiary/aromatic N) is 2. The highest BCUT2D eigenvalue weighted by Gasteiger charge is 2.12. The first-order chi connectivity index (χ1) is 10.1. The standard InChI is InChI=1S/C14H17N5O2/c15-5-6-19-8-12(17-9-19)14(21)18-11-4-2-1-3-10(11)7-13(16)20/h1-4,8-9H,5-7,15H2,(H2,16,20)(H,18,21). The molecule has 0 aliphatic heterocycles. The van der Waals surface area contributed by atoms with Crippen LogP contribution < -0.4 is 16.8 Å². The molecule has 0 radical (unpaired) electrons. The van der Waals surface area contributed by atoms with E-state index in [1.54, 1.807) is 41.4 Å². The number of carbonyl (C=O) groups excluding carboxylic acids is 2. The zero-order valence-electron chi connectivity index (χ0n) is 11.5. The maximum Gasteiger partial charge on any atom is 0.275 e. The van der Waals surface area contributed by atoms with Gasteiger partial charge in [-0.3, -0.25) is 9.59 Å². The monoisotopic (exact) mass is 287 g/mol. The summed E-state index contributed by atoms with van der Waals surface area (Å²) in [6.07, 6.45) is 3.24. The third kappa shape index (κ3) is 3.90. The second kappa shape index (κ2) is 6.67. The highest BCUT2D eigenvalue weighted by atomic mass is 16.2. The van der Waals surface area contributed by atoms with Crippen LogP contribution in [0.5, 0.6) is 0 Å². The molecular weight excluding hydrogens is 270 g/mol. The molecule has 110 valence electrons. The van der Waals surface area contributed by atoms with E-state index in [-0.39, 0.29) is 18.0 Å². The molecule has 1 aromatic heterocycles. The van der Waals surface area contributed by atoms with Crippen molar-refractivity contribution < 1.29 is 9.59 Å². The number of para-hydroxylation sites is 1. The van der Waals surface area contributed by atoms with Gasteiger partial charge in [0.15, 0.2) is 0 Å². The molecule has 0 unspecified atom stereocenters. The normalized spacial score (nSPS) is 10.3. The number of aromatic nitrogens is 2. The van der Waals surface area contributed by atoms with Crippen molar-refractivity contribution in [2.45, 2.75) is 13.0 Å². The lowest BCUT2D eigenvalue weighted by Gasteiger charge is -2.08. The fourth-order valence-corrected chi connectivity index (χ4v) is 1.92. The first-order valence-corrected chi connectivity index (χ1v) is 6.49. The van der Waals surface area contributed by atoms with Gasteiger partial charge in [-0.2, -0.15) is 0 Å². The van der Waals surface area contributed by atoms with Gasteiger partial charge in [0.25, 0.3) is 5.91 Å². The molecule has 5 N–H and O–H groups in total. The van der Waals surface area contributed by atoms with Crippen LogP contribution in [0, 0.1) is 0 Å². The van der Waals surface area contributed by atoms with Crippen LogP contribution in [0.15, 0.2) is 36.8 Å². The summed E-state index contributed by atoms with van der Waals surface area (Å²) in [4.78, 5) is 27.2. The topological polar surface area (TPSA) is 116 Å². The first-order valence-electron chi connectivity index (χ1n) is 6.49. The zero-order valence-corrected chi connectivity index (χ0v) is 11.5. The number of nitrogens with two attached hydrogens (primary N) is 2. The fraction of sp³-hybridized carbons (Fsp3) is 0.214. The van der Waals surface area contributed by atoms with Crippen molar-refractivity contribution in [1.82, 2.24) is 9.55 Å². The van der Waals surface area contributed by atoms with Crippen molar-refractivity contribution in [1.29, 1.82) is 0 Å². The third-order valence-corrected chi connectivity index (χ3v) is 2.88. The van der Waals surface area contributed by atoms with Crippen molar-refractivity contribution in [3.63, 3.8) is 0 Å². The molecule has 2 rings (SSSR count). The molecule has 0 aliphatic rings. The second-order valence-electron chi connectivity index (χ2n) is 4.54. The Hall–Kier alpha value is -2.67. The van der Waals surface area contributed by atoms with Crippen molar-refractivity contribution in [3.8, 4) is 0 Å². The minimum absolute atomic E-state index is 0.0675. The van der Waals surface area contributed by atoms with Gasteiger partial charge in [0.1, 0.15) is 5.69 Å². The number of benzene rings is 1. The second-order valence-corrected chi connectivity index (χ2v) is 4.54. The Morgan fingerprint density at radius 1 is 1.29 bits per heavy atom. The summed E-state index contributed by atoms with van der Waals surface area (Å²) in [5.41, 5.74) is 12.1. The SMILES string of the molecule is NCCn1cnc(C(=O)Nc2ccccc2CC(N)=O)c1. The van der Waals surface area contributed by atoms with Crippen LogP contribution in [-0.4, -0.2) is 27.9 Å². The van der Waals surface area contributed by atoms with Crippen LogP contribution in [0.3, 0.4) is 0 Å². The fourth-order valence-electron chi connectivity index (χ4n) is 1.92. The molecule has 0 bridgehead atoms. The first kappa shape index (κ1) is 14.7. The number of imidazole rings is 1. The maximum absolute atomic E-state index is 12.1. The average Bonchev–Trinajstić information content (AvgIpc) is 2.89. The minimum atomic E-state index is -0.455. The smallest absolute Gasteiger partial charge is 0.275 e. The lowest BCUT2D eigenvalue weighted by molar-refractivity contribution is -0.117. The summed E-state index contributed by atoms with van der Waals surface area (Å²) < 4.78 is 1.74. The van der Waals surface area contributed by atoms with Gasteiger partial charge in [0.05, 0.1) is 12.7 Å². The molecule has 0 fully saturated rings. The summed E-state index contributed by atoms with van der Waals surface area (Å²) in [7, 11) is 0. The average molecular weight is 287 g/mol. The molecule has 0 saturated carbocycles. The van der Waals surface area contributed by atoms with Gasteiger partial charge < -0.3 is 21.4 Å². The van der Waals surface area contributed by atoms with Crippen LogP contribution in [0.4, 0.5) is 5.69 Å². The lowest BCUT2D eigenvalue weighted by atomic mass is 10.1. The van der Waals surface area contributed by atoms with Gasteiger partial charge in [-0.15, -0.1) is 0 Å². The predicted octanol–water partition coefficient (Wildman–Crippen LogP) is 0.122. The summed E-state index contributed by atoms with van der Waals surface area (Å²) in [5, 5.41) is 2.73. The van der Waals surface area contributed by atoms with Crippen LogP contribution in [0.1, 0.15) is 16.1 Å². The highest BCUT2D eigenvalue weighted by molar-refractivity contribution is 6.03. The van der Waals surface area contributed by atoms with Crippen LogP contribution >= 0.6 is 0 Å². The van der Waals surface area contributed by atoms with Crippen molar-refractivity contribution in [2.24, 2.45) is 11.5 Å². The van der Waals surface area contributed by atoms with E-state index < -0.39 is 5.91 Å². The summed E-state index contributed by atoms with van der Waals surface area (Å²) >= 11 is 0.